The van der Waals surface area contributed by atoms with Crippen LogP contribution in [0.4, 0.5) is 0 Å². The lowest BCUT2D eigenvalue weighted by molar-refractivity contribution is 0.137. The minimum absolute atomic E-state index is 0.207. The van der Waals surface area contributed by atoms with Crippen molar-refractivity contribution >= 4 is 22.8 Å². The van der Waals surface area contributed by atoms with E-state index in [1.54, 1.807) is 18.9 Å². The molecule has 1 fully saturated rings. The summed E-state index contributed by atoms with van der Waals surface area (Å²) >= 11 is 1.65. The lowest BCUT2D eigenvalue weighted by atomic mass is 9.97. The van der Waals surface area contributed by atoms with E-state index < -0.39 is 0 Å². The van der Waals surface area contributed by atoms with E-state index in [1.165, 1.54) is 6.42 Å². The zero-order chi connectivity index (χ0) is 13.2. The van der Waals surface area contributed by atoms with Gasteiger partial charge in [-0.05, 0) is 25.0 Å². The fraction of sp³-hybridized carbons (Fsp3) is 0.500. The van der Waals surface area contributed by atoms with Gasteiger partial charge < -0.3 is 14.8 Å². The Balaban J connectivity index is 1.81. The van der Waals surface area contributed by atoms with Gasteiger partial charge in [-0.2, -0.15) is 0 Å². The topological polar surface area (TPSA) is 58.1 Å². The maximum absolute atomic E-state index is 10.0. The summed E-state index contributed by atoms with van der Waals surface area (Å²) in [4.78, 5) is 7.86. The third-order valence-corrected chi connectivity index (χ3v) is 4.87. The van der Waals surface area contributed by atoms with Crippen LogP contribution in [-0.4, -0.2) is 33.5 Å². The number of nitrogens with one attached hydrogen (secondary N) is 1. The lowest BCUT2D eigenvalue weighted by Gasteiger charge is -2.25. The van der Waals surface area contributed by atoms with Crippen molar-refractivity contribution in [1.29, 1.82) is 0 Å². The molecule has 1 aromatic heterocycles. The molecule has 0 radical (unpaired) electrons. The second kappa shape index (κ2) is 5.43. The number of aromatic nitrogens is 2. The van der Waals surface area contributed by atoms with Gasteiger partial charge in [0.25, 0.3) is 0 Å². The molecule has 1 heterocycles. The molecule has 19 heavy (non-hydrogen) atoms. The van der Waals surface area contributed by atoms with Gasteiger partial charge >= 0.3 is 0 Å². The summed E-state index contributed by atoms with van der Waals surface area (Å²) in [5, 5.41) is 11.1. The minimum Gasteiger partial charge on any atom is -0.497 e. The number of benzene rings is 1. The van der Waals surface area contributed by atoms with Crippen molar-refractivity contribution in [2.75, 3.05) is 7.11 Å². The second-order valence-corrected chi connectivity index (χ2v) is 6.16. The number of methoxy groups -OCH3 is 1. The van der Waals surface area contributed by atoms with E-state index in [0.717, 1.165) is 41.2 Å². The zero-order valence-corrected chi connectivity index (χ0v) is 11.7. The highest BCUT2D eigenvalue weighted by atomic mass is 32.2. The quantitative estimate of drug-likeness (QED) is 0.906. The number of hydrogen-bond acceptors (Lipinski definition) is 4. The van der Waals surface area contributed by atoms with Gasteiger partial charge in [-0.3, -0.25) is 0 Å². The predicted octanol–water partition coefficient (Wildman–Crippen LogP) is 2.97. The highest BCUT2D eigenvalue weighted by molar-refractivity contribution is 7.99. The molecule has 2 atom stereocenters. The fourth-order valence-corrected chi connectivity index (χ4v) is 3.69. The first-order valence-electron chi connectivity index (χ1n) is 6.65. The van der Waals surface area contributed by atoms with E-state index in [0.29, 0.717) is 0 Å². The molecule has 4 nitrogen and oxygen atoms in total. The van der Waals surface area contributed by atoms with Crippen LogP contribution in [0.2, 0.25) is 0 Å². The van der Waals surface area contributed by atoms with Crippen LogP contribution >= 0.6 is 11.8 Å². The van der Waals surface area contributed by atoms with Crippen molar-refractivity contribution < 1.29 is 9.84 Å². The van der Waals surface area contributed by atoms with Crippen LogP contribution in [0.15, 0.2) is 23.4 Å². The summed E-state index contributed by atoms with van der Waals surface area (Å²) in [6, 6.07) is 5.81. The molecule has 1 saturated carbocycles. The van der Waals surface area contributed by atoms with Crippen molar-refractivity contribution in [2.45, 2.75) is 42.2 Å². The average Bonchev–Trinajstić information content (AvgIpc) is 2.82. The molecule has 0 unspecified atom stereocenters. The summed E-state index contributed by atoms with van der Waals surface area (Å²) in [6.45, 7) is 0. The lowest BCUT2D eigenvalue weighted by Crippen LogP contribution is -2.26. The van der Waals surface area contributed by atoms with E-state index in [9.17, 15) is 5.11 Å². The maximum atomic E-state index is 10.0. The van der Waals surface area contributed by atoms with E-state index >= 15 is 0 Å². The summed E-state index contributed by atoms with van der Waals surface area (Å²) in [5.74, 6) is 0.824. The number of H-pyrrole nitrogens is 1. The molecule has 2 N–H and O–H groups in total. The largest absolute Gasteiger partial charge is 0.497 e. The molecule has 0 aliphatic heterocycles. The Morgan fingerprint density at radius 3 is 3.00 bits per heavy atom. The van der Waals surface area contributed by atoms with Crippen molar-refractivity contribution in [2.24, 2.45) is 0 Å². The molecular formula is C14H18N2O2S. The zero-order valence-electron chi connectivity index (χ0n) is 10.9. The Hall–Kier alpha value is -1.20. The molecule has 0 bridgehead atoms. The highest BCUT2D eigenvalue weighted by Crippen LogP contribution is 2.33. The number of hydrogen-bond donors (Lipinski definition) is 2. The summed E-state index contributed by atoms with van der Waals surface area (Å²) in [7, 11) is 1.66. The maximum Gasteiger partial charge on any atom is 0.166 e. The van der Waals surface area contributed by atoms with Crippen LogP contribution in [0.5, 0.6) is 5.75 Å². The standard InChI is InChI=1S/C14H18N2O2S/c1-18-9-6-7-10-11(8-9)16-14(15-10)19-13-5-3-2-4-12(13)17/h6-8,12-13,17H,2-5H2,1H3,(H,15,16)/t12-,13-/m1/s1. The molecule has 102 valence electrons. The number of fused-ring (bicyclic) bond motifs is 1. The molecular weight excluding hydrogens is 260 g/mol. The van der Waals surface area contributed by atoms with Crippen molar-refractivity contribution in [1.82, 2.24) is 9.97 Å². The predicted molar refractivity (Wildman–Crippen MR) is 76.8 cm³/mol. The Bertz CT molecular complexity index is 570. The van der Waals surface area contributed by atoms with Crippen LogP contribution in [0.3, 0.4) is 0 Å². The molecule has 0 saturated heterocycles. The first-order valence-corrected chi connectivity index (χ1v) is 7.53. The molecule has 1 aromatic carbocycles. The van der Waals surface area contributed by atoms with Gasteiger partial charge in [-0.25, -0.2) is 4.98 Å². The van der Waals surface area contributed by atoms with Gasteiger partial charge in [-0.15, -0.1) is 0 Å². The Morgan fingerprint density at radius 2 is 2.21 bits per heavy atom. The third kappa shape index (κ3) is 2.72. The van der Waals surface area contributed by atoms with Crippen LogP contribution in [-0.2, 0) is 0 Å². The Labute approximate surface area is 116 Å². The number of ether oxygens (including phenoxy) is 1. The number of thioether (sulfide) groups is 1. The number of aliphatic hydroxyl groups excluding tert-OH is 1. The minimum atomic E-state index is -0.207. The van der Waals surface area contributed by atoms with Crippen LogP contribution in [0.1, 0.15) is 25.7 Å². The molecule has 5 heteroatoms. The number of imidazole rings is 1. The summed E-state index contributed by atoms with van der Waals surface area (Å²) in [6.07, 6.45) is 4.09. The van der Waals surface area contributed by atoms with Crippen LogP contribution in [0.25, 0.3) is 11.0 Å². The highest BCUT2D eigenvalue weighted by Gasteiger charge is 2.25. The van der Waals surface area contributed by atoms with Crippen LogP contribution < -0.4 is 4.74 Å². The average molecular weight is 278 g/mol. The molecule has 0 spiro atoms. The summed E-state index contributed by atoms with van der Waals surface area (Å²) < 4.78 is 5.20. The molecule has 0 amide bonds. The normalized spacial score (nSPS) is 23.7. The Kier molecular flexibility index (Phi) is 3.66. The van der Waals surface area contributed by atoms with E-state index in [1.807, 2.05) is 18.2 Å². The van der Waals surface area contributed by atoms with Gasteiger partial charge in [0.2, 0.25) is 0 Å². The number of nitrogens with zero attached hydrogens (tertiary/aromatic N) is 1. The van der Waals surface area contributed by atoms with E-state index in [-0.39, 0.29) is 11.4 Å². The van der Waals surface area contributed by atoms with E-state index in [4.69, 9.17) is 4.74 Å². The second-order valence-electron chi connectivity index (χ2n) is 4.93. The van der Waals surface area contributed by atoms with Gasteiger partial charge in [0.15, 0.2) is 5.16 Å². The Morgan fingerprint density at radius 1 is 1.37 bits per heavy atom. The van der Waals surface area contributed by atoms with E-state index in [2.05, 4.69) is 9.97 Å². The van der Waals surface area contributed by atoms with Crippen molar-refractivity contribution in [3.05, 3.63) is 18.2 Å². The number of aliphatic hydroxyl groups is 1. The molecule has 1 aliphatic carbocycles. The van der Waals surface area contributed by atoms with Crippen molar-refractivity contribution in [3.8, 4) is 5.75 Å². The first-order chi connectivity index (χ1) is 9.26. The molecule has 3 rings (SSSR count). The van der Waals surface area contributed by atoms with Gasteiger partial charge in [0.05, 0.1) is 24.2 Å². The van der Waals surface area contributed by atoms with Crippen LogP contribution in [0, 0.1) is 0 Å². The SMILES string of the molecule is COc1ccc2nc(S[C@@H]3CCCC[C@H]3O)[nH]c2c1. The first kappa shape index (κ1) is 12.8. The number of aromatic amines is 1. The van der Waals surface area contributed by atoms with Gasteiger partial charge in [0.1, 0.15) is 5.75 Å². The van der Waals surface area contributed by atoms with Gasteiger partial charge in [-0.1, -0.05) is 24.6 Å². The molecule has 2 aromatic rings. The third-order valence-electron chi connectivity index (χ3n) is 3.60. The number of rotatable bonds is 3. The summed E-state index contributed by atoms with van der Waals surface area (Å²) in [5.41, 5.74) is 1.92. The van der Waals surface area contributed by atoms with Gasteiger partial charge in [0, 0.05) is 11.3 Å². The smallest absolute Gasteiger partial charge is 0.166 e. The fourth-order valence-electron chi connectivity index (χ4n) is 2.51. The monoisotopic (exact) mass is 278 g/mol. The molecule has 1 aliphatic rings. The van der Waals surface area contributed by atoms with Crippen molar-refractivity contribution in [3.63, 3.8) is 0 Å².